The lowest BCUT2D eigenvalue weighted by Crippen LogP contribution is -1.92. The zero-order valence-corrected chi connectivity index (χ0v) is 14.9. The molecule has 2 aromatic carbocycles. The molecule has 0 unspecified atom stereocenters. The molecule has 0 saturated carbocycles. The van der Waals surface area contributed by atoms with E-state index in [-0.39, 0.29) is 36.4 Å². The van der Waals surface area contributed by atoms with Crippen molar-refractivity contribution in [2.24, 2.45) is 0 Å². The van der Waals surface area contributed by atoms with Crippen LogP contribution in [0.2, 0.25) is 10.0 Å². The lowest BCUT2D eigenvalue weighted by Gasteiger charge is -2.04. The maximum atomic E-state index is 13.0. The number of thioether (sulfide) groups is 1. The molecule has 0 aromatic heterocycles. The standard InChI is InChI=1S/C8H5ClFNOS.C7H7ClFNO.2CH4/c1-12-7-3-8(13-4-11)5(9)2-6(7)10;1-11-7-3-6(10)4(8)2-5(7)9;;/h2-3H,1H3;2-3H,10H2,1H3;2*1H4. The molecule has 0 amide bonds. The van der Waals surface area contributed by atoms with Crippen LogP contribution in [-0.2, 0) is 0 Å². The second kappa shape index (κ2) is 12.5. The number of benzene rings is 2. The Morgan fingerprint density at radius 2 is 1.42 bits per heavy atom. The van der Waals surface area contributed by atoms with Crippen molar-refractivity contribution in [3.8, 4) is 16.9 Å². The van der Waals surface area contributed by atoms with E-state index in [1.54, 1.807) is 0 Å². The highest BCUT2D eigenvalue weighted by Gasteiger charge is 2.09. The zero-order chi connectivity index (χ0) is 18.3. The van der Waals surface area contributed by atoms with E-state index in [0.29, 0.717) is 10.6 Å². The molecule has 0 aliphatic heterocycles. The van der Waals surface area contributed by atoms with Gasteiger partial charge in [0.25, 0.3) is 0 Å². The summed E-state index contributed by atoms with van der Waals surface area (Å²) in [6, 6.07) is 4.99. The van der Waals surface area contributed by atoms with Crippen molar-refractivity contribution in [1.82, 2.24) is 0 Å². The molecule has 0 fully saturated rings. The van der Waals surface area contributed by atoms with Gasteiger partial charge in [0.15, 0.2) is 23.1 Å². The Labute approximate surface area is 166 Å². The fourth-order valence-electron chi connectivity index (χ4n) is 1.50. The van der Waals surface area contributed by atoms with Gasteiger partial charge in [0, 0.05) is 11.0 Å². The number of hydrogen-bond donors (Lipinski definition) is 1. The molecule has 2 N–H and O–H groups in total. The number of thiocyanates is 1. The van der Waals surface area contributed by atoms with Crippen LogP contribution >= 0.6 is 35.0 Å². The number of rotatable bonds is 3. The summed E-state index contributed by atoms with van der Waals surface area (Å²) in [5, 5.41) is 10.7. The number of nitrogens with two attached hydrogens (primary N) is 1. The zero-order valence-electron chi connectivity index (χ0n) is 12.6. The summed E-state index contributed by atoms with van der Waals surface area (Å²) in [7, 11) is 2.72. The Kier molecular flexibility index (Phi) is 12.6. The number of ether oxygens (including phenoxy) is 2. The average molecular weight is 425 g/mol. The van der Waals surface area contributed by atoms with Gasteiger partial charge in [-0.25, -0.2) is 8.78 Å². The van der Waals surface area contributed by atoms with Gasteiger partial charge in [0.2, 0.25) is 0 Å². The molecule has 2 aromatic rings. The maximum Gasteiger partial charge on any atom is 0.166 e. The Balaban J connectivity index is 0. The van der Waals surface area contributed by atoms with Crippen molar-refractivity contribution in [2.75, 3.05) is 20.0 Å². The molecule has 0 aliphatic rings. The fourth-order valence-corrected chi connectivity index (χ4v) is 2.33. The monoisotopic (exact) mass is 424 g/mol. The van der Waals surface area contributed by atoms with Gasteiger partial charge in [-0.05, 0) is 30.0 Å². The molecular formula is C17H20Cl2F2N2O2S. The highest BCUT2D eigenvalue weighted by Crippen LogP contribution is 2.32. The van der Waals surface area contributed by atoms with E-state index in [1.807, 2.05) is 5.40 Å². The van der Waals surface area contributed by atoms with Gasteiger partial charge >= 0.3 is 0 Å². The number of nitrogens with zero attached hydrogens (tertiary/aromatic N) is 1. The Hall–Kier alpha value is -1.88. The van der Waals surface area contributed by atoms with E-state index >= 15 is 0 Å². The van der Waals surface area contributed by atoms with Crippen LogP contribution < -0.4 is 15.2 Å². The van der Waals surface area contributed by atoms with Crippen molar-refractivity contribution >= 4 is 40.7 Å². The predicted molar refractivity (Wildman–Crippen MR) is 105 cm³/mol. The topological polar surface area (TPSA) is 68.3 Å². The largest absolute Gasteiger partial charge is 0.494 e. The molecule has 0 heterocycles. The first-order chi connectivity index (χ1) is 11.3. The molecule has 0 spiro atoms. The normalized spacial score (nSPS) is 8.81. The molecule has 26 heavy (non-hydrogen) atoms. The van der Waals surface area contributed by atoms with E-state index in [4.69, 9.17) is 38.9 Å². The molecule has 0 saturated heterocycles. The van der Waals surface area contributed by atoms with Crippen molar-refractivity contribution in [3.05, 3.63) is 45.9 Å². The van der Waals surface area contributed by atoms with E-state index in [0.717, 1.165) is 23.9 Å². The predicted octanol–water partition coefficient (Wildman–Crippen LogP) is 6.40. The first kappa shape index (κ1) is 26.4. The number of halogens is 4. The van der Waals surface area contributed by atoms with Crippen LogP contribution in [0.3, 0.4) is 0 Å². The lowest BCUT2D eigenvalue weighted by atomic mass is 10.3. The van der Waals surface area contributed by atoms with Crippen LogP contribution in [0.1, 0.15) is 14.9 Å². The summed E-state index contributed by atoms with van der Waals surface area (Å²) in [6.45, 7) is 0. The molecule has 144 valence electrons. The van der Waals surface area contributed by atoms with E-state index in [1.165, 1.54) is 26.4 Å². The van der Waals surface area contributed by atoms with Crippen LogP contribution in [-0.4, -0.2) is 14.2 Å². The first-order valence-corrected chi connectivity index (χ1v) is 7.78. The molecule has 9 heteroatoms. The molecule has 0 bridgehead atoms. The van der Waals surface area contributed by atoms with E-state index in [9.17, 15) is 8.78 Å². The minimum atomic E-state index is -0.533. The summed E-state index contributed by atoms with van der Waals surface area (Å²) in [5.41, 5.74) is 5.70. The third-order valence-electron chi connectivity index (χ3n) is 2.63. The quantitative estimate of drug-likeness (QED) is 0.350. The molecule has 0 atom stereocenters. The summed E-state index contributed by atoms with van der Waals surface area (Å²) in [4.78, 5) is 0.488. The number of nitriles is 1. The van der Waals surface area contributed by atoms with Crippen molar-refractivity contribution < 1.29 is 18.3 Å². The smallest absolute Gasteiger partial charge is 0.166 e. The second-order valence-corrected chi connectivity index (χ2v) is 5.76. The Bertz CT molecular complexity index is 771. The van der Waals surface area contributed by atoms with Gasteiger partial charge in [-0.1, -0.05) is 38.1 Å². The van der Waals surface area contributed by atoms with E-state index in [2.05, 4.69) is 4.74 Å². The van der Waals surface area contributed by atoms with Gasteiger partial charge < -0.3 is 15.2 Å². The summed E-state index contributed by atoms with van der Waals surface area (Å²) < 4.78 is 35.1. The number of nitrogen functional groups attached to an aromatic ring is 1. The lowest BCUT2D eigenvalue weighted by molar-refractivity contribution is 0.385. The van der Waals surface area contributed by atoms with Crippen molar-refractivity contribution in [1.29, 1.82) is 5.26 Å². The molecule has 0 radical (unpaired) electrons. The molecule has 4 nitrogen and oxygen atoms in total. The van der Waals surface area contributed by atoms with Crippen molar-refractivity contribution in [2.45, 2.75) is 19.7 Å². The van der Waals surface area contributed by atoms with Crippen LogP contribution in [0.4, 0.5) is 14.5 Å². The summed E-state index contributed by atoms with van der Waals surface area (Å²) >= 11 is 12.1. The summed E-state index contributed by atoms with van der Waals surface area (Å²) in [5.74, 6) is -0.851. The van der Waals surface area contributed by atoms with Gasteiger partial charge in [0.1, 0.15) is 5.40 Å². The SMILES string of the molecule is C.C.COc1cc(N)c(Cl)cc1F.COc1cc(SC#N)c(Cl)cc1F. The van der Waals surface area contributed by atoms with Crippen LogP contribution in [0.25, 0.3) is 0 Å². The Morgan fingerprint density at radius 1 is 0.962 bits per heavy atom. The minimum Gasteiger partial charge on any atom is -0.494 e. The van der Waals surface area contributed by atoms with Gasteiger partial charge in [0.05, 0.1) is 30.0 Å². The molecular weight excluding hydrogens is 405 g/mol. The van der Waals surface area contributed by atoms with Gasteiger partial charge in [-0.15, -0.1) is 0 Å². The highest BCUT2D eigenvalue weighted by atomic mass is 35.5. The van der Waals surface area contributed by atoms with E-state index < -0.39 is 11.6 Å². The number of methoxy groups -OCH3 is 2. The first-order valence-electron chi connectivity index (χ1n) is 6.21. The van der Waals surface area contributed by atoms with Crippen LogP contribution in [0.5, 0.6) is 11.5 Å². The highest BCUT2D eigenvalue weighted by molar-refractivity contribution is 8.03. The Morgan fingerprint density at radius 3 is 1.88 bits per heavy atom. The summed E-state index contributed by atoms with van der Waals surface area (Å²) in [6.07, 6.45) is 0. The second-order valence-electron chi connectivity index (χ2n) is 4.12. The maximum absolute atomic E-state index is 13.0. The van der Waals surface area contributed by atoms with Gasteiger partial charge in [-0.3, -0.25) is 0 Å². The number of hydrogen-bond acceptors (Lipinski definition) is 5. The third-order valence-corrected chi connectivity index (χ3v) is 4.03. The van der Waals surface area contributed by atoms with Crippen LogP contribution in [0, 0.1) is 22.3 Å². The third kappa shape index (κ3) is 7.16. The molecule has 0 aliphatic carbocycles. The van der Waals surface area contributed by atoms with Crippen LogP contribution in [0.15, 0.2) is 29.2 Å². The minimum absolute atomic E-state index is 0. The van der Waals surface area contributed by atoms with Gasteiger partial charge in [-0.2, -0.15) is 5.26 Å². The average Bonchev–Trinajstić information content (AvgIpc) is 2.54. The number of anilines is 1. The van der Waals surface area contributed by atoms with Crippen molar-refractivity contribution in [3.63, 3.8) is 0 Å². The molecule has 2 rings (SSSR count). The fraction of sp³-hybridized carbons (Fsp3) is 0.235.